The number of amides is 1. The van der Waals surface area contributed by atoms with Gasteiger partial charge in [-0.25, -0.2) is 9.18 Å². The van der Waals surface area contributed by atoms with E-state index in [4.69, 9.17) is 9.47 Å². The first-order valence-electron chi connectivity index (χ1n) is 7.04. The van der Waals surface area contributed by atoms with Crippen molar-refractivity contribution in [2.75, 3.05) is 18.5 Å². The van der Waals surface area contributed by atoms with Crippen LogP contribution in [0.4, 0.5) is 10.1 Å². The van der Waals surface area contributed by atoms with Gasteiger partial charge in [0.25, 0.3) is 5.91 Å². The fourth-order valence-corrected chi connectivity index (χ4v) is 1.80. The molecular formula is C17H16FNO4. The summed E-state index contributed by atoms with van der Waals surface area (Å²) in [4.78, 5) is 23.4. The van der Waals surface area contributed by atoms with E-state index in [-0.39, 0.29) is 5.56 Å². The Bertz CT molecular complexity index is 668. The maximum atomic E-state index is 12.8. The first kappa shape index (κ1) is 16.5. The zero-order valence-electron chi connectivity index (χ0n) is 12.5. The van der Waals surface area contributed by atoms with E-state index in [1.54, 1.807) is 24.3 Å². The number of esters is 1. The molecule has 2 rings (SSSR count). The van der Waals surface area contributed by atoms with Gasteiger partial charge in [-0.05, 0) is 55.5 Å². The summed E-state index contributed by atoms with van der Waals surface area (Å²) in [6, 6.07) is 11.7. The Kier molecular flexibility index (Phi) is 5.68. The lowest BCUT2D eigenvalue weighted by Gasteiger charge is -2.08. The van der Waals surface area contributed by atoms with Gasteiger partial charge in [-0.2, -0.15) is 0 Å². The average molecular weight is 317 g/mol. The van der Waals surface area contributed by atoms with Gasteiger partial charge in [-0.15, -0.1) is 0 Å². The zero-order valence-corrected chi connectivity index (χ0v) is 12.5. The molecule has 1 N–H and O–H groups in total. The quantitative estimate of drug-likeness (QED) is 0.832. The number of benzene rings is 2. The van der Waals surface area contributed by atoms with Crippen LogP contribution in [0, 0.1) is 5.82 Å². The standard InChI is InChI=1S/C17H16FNO4/c1-2-22-15-9-7-14(8-10-15)19-16(20)11-23-17(21)12-3-5-13(18)6-4-12/h3-10H,2,11H2,1H3,(H,19,20). The summed E-state index contributed by atoms with van der Waals surface area (Å²) in [6.45, 7) is 2.01. The Morgan fingerprint density at radius 1 is 1.04 bits per heavy atom. The number of anilines is 1. The lowest BCUT2D eigenvalue weighted by Crippen LogP contribution is -2.20. The van der Waals surface area contributed by atoms with Gasteiger partial charge >= 0.3 is 5.97 Å². The van der Waals surface area contributed by atoms with Crippen LogP contribution < -0.4 is 10.1 Å². The summed E-state index contributed by atoms with van der Waals surface area (Å²) in [5, 5.41) is 2.60. The molecule has 0 bridgehead atoms. The van der Waals surface area contributed by atoms with Crippen LogP contribution in [0.2, 0.25) is 0 Å². The van der Waals surface area contributed by atoms with Crippen LogP contribution in [0.3, 0.4) is 0 Å². The van der Waals surface area contributed by atoms with Crippen LogP contribution in [0.15, 0.2) is 48.5 Å². The molecule has 1 amide bonds. The first-order valence-corrected chi connectivity index (χ1v) is 7.04. The number of nitrogens with one attached hydrogen (secondary N) is 1. The van der Waals surface area contributed by atoms with Gasteiger partial charge < -0.3 is 14.8 Å². The highest BCUT2D eigenvalue weighted by Crippen LogP contribution is 2.15. The van der Waals surface area contributed by atoms with E-state index in [2.05, 4.69) is 5.32 Å². The molecule has 0 aliphatic heterocycles. The Balaban J connectivity index is 1.82. The van der Waals surface area contributed by atoms with Gasteiger partial charge in [0.2, 0.25) is 0 Å². The molecule has 0 radical (unpaired) electrons. The van der Waals surface area contributed by atoms with Crippen LogP contribution in [0.25, 0.3) is 0 Å². The Labute approximate surface area is 133 Å². The van der Waals surface area contributed by atoms with Crippen molar-refractivity contribution in [1.82, 2.24) is 0 Å². The summed E-state index contributed by atoms with van der Waals surface area (Å²) in [5.41, 5.74) is 0.747. The topological polar surface area (TPSA) is 64.6 Å². The minimum atomic E-state index is -0.688. The van der Waals surface area contributed by atoms with Crippen molar-refractivity contribution in [2.45, 2.75) is 6.92 Å². The molecule has 6 heteroatoms. The fraction of sp³-hybridized carbons (Fsp3) is 0.176. The van der Waals surface area contributed by atoms with Crippen molar-refractivity contribution in [3.63, 3.8) is 0 Å². The summed E-state index contributed by atoms with van der Waals surface area (Å²) in [6.07, 6.45) is 0. The van der Waals surface area contributed by atoms with E-state index in [1.807, 2.05) is 6.92 Å². The number of carbonyl (C=O) groups is 2. The largest absolute Gasteiger partial charge is 0.494 e. The van der Waals surface area contributed by atoms with Gasteiger partial charge in [0.05, 0.1) is 12.2 Å². The van der Waals surface area contributed by atoms with Gasteiger partial charge in [0, 0.05) is 5.69 Å². The predicted octanol–water partition coefficient (Wildman–Crippen LogP) is 3.02. The average Bonchev–Trinajstić information content (AvgIpc) is 2.55. The number of halogens is 1. The van der Waals surface area contributed by atoms with Gasteiger partial charge in [-0.3, -0.25) is 4.79 Å². The van der Waals surface area contributed by atoms with Crippen molar-refractivity contribution in [3.8, 4) is 5.75 Å². The third-order valence-corrected chi connectivity index (χ3v) is 2.86. The fourth-order valence-electron chi connectivity index (χ4n) is 1.80. The molecule has 0 atom stereocenters. The van der Waals surface area contributed by atoms with Crippen LogP contribution in [-0.4, -0.2) is 25.1 Å². The van der Waals surface area contributed by atoms with E-state index in [1.165, 1.54) is 12.1 Å². The predicted molar refractivity (Wildman–Crippen MR) is 82.9 cm³/mol. The molecule has 0 aliphatic carbocycles. The Morgan fingerprint density at radius 2 is 1.70 bits per heavy atom. The molecule has 0 spiro atoms. The number of ether oxygens (including phenoxy) is 2. The molecule has 0 aliphatic rings. The summed E-state index contributed by atoms with van der Waals surface area (Å²) in [7, 11) is 0. The highest BCUT2D eigenvalue weighted by molar-refractivity contribution is 5.95. The zero-order chi connectivity index (χ0) is 16.7. The molecular weight excluding hydrogens is 301 g/mol. The van der Waals surface area contributed by atoms with Crippen molar-refractivity contribution in [1.29, 1.82) is 0 Å². The third kappa shape index (κ3) is 5.10. The van der Waals surface area contributed by atoms with E-state index < -0.39 is 24.3 Å². The number of rotatable bonds is 6. The first-order chi connectivity index (χ1) is 11.1. The van der Waals surface area contributed by atoms with Crippen molar-refractivity contribution in [3.05, 3.63) is 59.9 Å². The normalized spacial score (nSPS) is 10.0. The lowest BCUT2D eigenvalue weighted by molar-refractivity contribution is -0.119. The van der Waals surface area contributed by atoms with E-state index >= 15 is 0 Å². The number of hydrogen-bond donors (Lipinski definition) is 1. The van der Waals surface area contributed by atoms with E-state index in [0.717, 1.165) is 12.1 Å². The van der Waals surface area contributed by atoms with Crippen molar-refractivity contribution in [2.24, 2.45) is 0 Å². The molecule has 2 aromatic carbocycles. The van der Waals surface area contributed by atoms with Crippen LogP contribution in [0.5, 0.6) is 5.75 Å². The van der Waals surface area contributed by atoms with Crippen molar-refractivity contribution >= 4 is 17.6 Å². The Morgan fingerprint density at radius 3 is 2.30 bits per heavy atom. The van der Waals surface area contributed by atoms with Crippen LogP contribution in [0.1, 0.15) is 17.3 Å². The molecule has 5 nitrogen and oxygen atoms in total. The molecule has 120 valence electrons. The molecule has 0 heterocycles. The minimum Gasteiger partial charge on any atom is -0.494 e. The Hall–Kier alpha value is -2.89. The minimum absolute atomic E-state index is 0.181. The van der Waals surface area contributed by atoms with E-state index in [9.17, 15) is 14.0 Å². The smallest absolute Gasteiger partial charge is 0.338 e. The maximum Gasteiger partial charge on any atom is 0.338 e. The molecule has 0 aromatic heterocycles. The molecule has 0 unspecified atom stereocenters. The summed E-state index contributed by atoms with van der Waals surface area (Å²) >= 11 is 0. The molecule has 0 fully saturated rings. The summed E-state index contributed by atoms with van der Waals surface area (Å²) < 4.78 is 22.9. The highest BCUT2D eigenvalue weighted by Gasteiger charge is 2.10. The van der Waals surface area contributed by atoms with Gasteiger partial charge in [0.15, 0.2) is 6.61 Å². The van der Waals surface area contributed by atoms with Crippen LogP contribution in [-0.2, 0) is 9.53 Å². The lowest BCUT2D eigenvalue weighted by atomic mass is 10.2. The molecule has 23 heavy (non-hydrogen) atoms. The SMILES string of the molecule is CCOc1ccc(NC(=O)COC(=O)c2ccc(F)cc2)cc1. The van der Waals surface area contributed by atoms with Gasteiger partial charge in [0.1, 0.15) is 11.6 Å². The monoisotopic (exact) mass is 317 g/mol. The number of hydrogen-bond acceptors (Lipinski definition) is 4. The number of carbonyl (C=O) groups excluding carboxylic acids is 2. The highest BCUT2D eigenvalue weighted by atomic mass is 19.1. The molecule has 0 saturated heterocycles. The van der Waals surface area contributed by atoms with Crippen molar-refractivity contribution < 1.29 is 23.5 Å². The van der Waals surface area contributed by atoms with Crippen LogP contribution >= 0.6 is 0 Å². The van der Waals surface area contributed by atoms with E-state index in [0.29, 0.717) is 18.0 Å². The van der Waals surface area contributed by atoms with Gasteiger partial charge in [-0.1, -0.05) is 0 Å². The molecule has 0 saturated carbocycles. The second kappa shape index (κ2) is 7.93. The summed E-state index contributed by atoms with van der Waals surface area (Å²) in [5.74, 6) is -0.903. The second-order valence-electron chi connectivity index (χ2n) is 4.59. The third-order valence-electron chi connectivity index (χ3n) is 2.86. The second-order valence-corrected chi connectivity index (χ2v) is 4.59. The maximum absolute atomic E-state index is 12.8. The molecule has 2 aromatic rings.